The smallest absolute Gasteiger partial charge is 0.303 e. The minimum Gasteiger partial charge on any atom is -0.506 e. The second-order valence-corrected chi connectivity index (χ2v) is 11.0. The van der Waals surface area contributed by atoms with E-state index in [1.165, 1.54) is 31.7 Å². The van der Waals surface area contributed by atoms with Gasteiger partial charge in [-0.15, -0.1) is 0 Å². The van der Waals surface area contributed by atoms with E-state index < -0.39 is 17.8 Å². The van der Waals surface area contributed by atoms with E-state index in [9.17, 15) is 19.5 Å². The van der Waals surface area contributed by atoms with Gasteiger partial charge < -0.3 is 25.6 Å². The van der Waals surface area contributed by atoms with E-state index in [0.717, 1.165) is 36.1 Å². The fourth-order valence-electron chi connectivity index (χ4n) is 5.07. The number of hydrogen-bond donors (Lipinski definition) is 4. The van der Waals surface area contributed by atoms with Crippen molar-refractivity contribution in [2.24, 2.45) is 0 Å². The Labute approximate surface area is 258 Å². The number of fused-ring (bicyclic) bond motifs is 1. The summed E-state index contributed by atoms with van der Waals surface area (Å²) in [6, 6.07) is 21.4. The number of carbonyl (C=O) groups excluding carboxylic acids is 2. The molecular formula is C36H40N2O6. The number of amides is 2. The quantitative estimate of drug-likeness (QED) is 0.102. The molecule has 0 spiro atoms. The number of carbonyl (C=O) groups is 3. The molecule has 0 fully saturated rings. The van der Waals surface area contributed by atoms with Gasteiger partial charge in [0.05, 0.1) is 12.0 Å². The number of nitrogens with one attached hydrogen (secondary N) is 2. The fourth-order valence-corrected chi connectivity index (χ4v) is 5.07. The monoisotopic (exact) mass is 596 g/mol. The summed E-state index contributed by atoms with van der Waals surface area (Å²) < 4.78 is 6.18. The van der Waals surface area contributed by atoms with Crippen molar-refractivity contribution in [3.63, 3.8) is 0 Å². The zero-order valence-corrected chi connectivity index (χ0v) is 25.3. The molecule has 0 saturated carbocycles. The molecule has 4 aromatic carbocycles. The Morgan fingerprint density at radius 1 is 0.795 bits per heavy atom. The van der Waals surface area contributed by atoms with Crippen LogP contribution in [0.4, 0.5) is 11.4 Å². The highest BCUT2D eigenvalue weighted by molar-refractivity contribution is 6.11. The van der Waals surface area contributed by atoms with Gasteiger partial charge in [0, 0.05) is 28.6 Å². The maximum Gasteiger partial charge on any atom is 0.303 e. The average Bonchev–Trinajstić information content (AvgIpc) is 3.01. The Balaban J connectivity index is 1.53. The standard InChI is InChI=1S/C36H40N2O6/c1-3-4-5-6-7-8-11-25-15-14-24(2)22-31(25)38-36(43)30-23-32(28-12-9-10-13-29(28)35(30)42)44-27-18-16-26(17-19-27)37-33(39)20-21-34(40)41/h9-10,12-19,22-23,42H,3-8,11,20-21H2,1-2H3,(H,37,39)(H,38,43)(H,40,41). The van der Waals surface area contributed by atoms with Gasteiger partial charge >= 0.3 is 5.97 Å². The molecule has 8 heteroatoms. The molecule has 0 saturated heterocycles. The molecule has 0 unspecified atom stereocenters. The lowest BCUT2D eigenvalue weighted by Crippen LogP contribution is -2.14. The summed E-state index contributed by atoms with van der Waals surface area (Å²) in [6.45, 7) is 4.19. The highest BCUT2D eigenvalue weighted by Gasteiger charge is 2.20. The highest BCUT2D eigenvalue weighted by Crippen LogP contribution is 2.39. The summed E-state index contributed by atoms with van der Waals surface area (Å²) in [5, 5.41) is 26.7. The first kappa shape index (κ1) is 32.1. The molecule has 8 nitrogen and oxygen atoms in total. The zero-order valence-electron chi connectivity index (χ0n) is 25.3. The summed E-state index contributed by atoms with van der Waals surface area (Å²) >= 11 is 0. The molecule has 230 valence electrons. The molecule has 0 atom stereocenters. The number of aryl methyl sites for hydroxylation is 2. The molecule has 0 aromatic heterocycles. The van der Waals surface area contributed by atoms with Crippen molar-refractivity contribution in [3.05, 3.63) is 89.5 Å². The number of carboxylic acids is 1. The number of unbranched alkanes of at least 4 members (excludes halogenated alkanes) is 5. The summed E-state index contributed by atoms with van der Waals surface area (Å²) in [4.78, 5) is 36.3. The number of phenols is 1. The minimum atomic E-state index is -1.04. The van der Waals surface area contributed by atoms with Crippen molar-refractivity contribution in [2.45, 2.75) is 71.6 Å². The van der Waals surface area contributed by atoms with E-state index in [1.54, 1.807) is 36.4 Å². The SMILES string of the molecule is CCCCCCCCc1ccc(C)cc1NC(=O)c1cc(Oc2ccc(NC(=O)CCC(=O)O)cc2)c2ccccc2c1O. The van der Waals surface area contributed by atoms with E-state index in [-0.39, 0.29) is 24.2 Å². The van der Waals surface area contributed by atoms with Crippen LogP contribution in [-0.2, 0) is 16.0 Å². The van der Waals surface area contributed by atoms with Crippen LogP contribution in [0.3, 0.4) is 0 Å². The Morgan fingerprint density at radius 2 is 1.50 bits per heavy atom. The average molecular weight is 597 g/mol. The number of aliphatic carboxylic acids is 1. The molecule has 4 N–H and O–H groups in total. The maximum absolute atomic E-state index is 13.6. The number of rotatable bonds is 15. The number of aromatic hydroxyl groups is 1. The highest BCUT2D eigenvalue weighted by atomic mass is 16.5. The van der Waals surface area contributed by atoms with E-state index in [2.05, 4.69) is 23.6 Å². The van der Waals surface area contributed by atoms with Crippen molar-refractivity contribution >= 4 is 39.9 Å². The van der Waals surface area contributed by atoms with Crippen LogP contribution in [0.15, 0.2) is 72.8 Å². The number of benzene rings is 4. The van der Waals surface area contributed by atoms with Gasteiger partial charge in [-0.3, -0.25) is 14.4 Å². The van der Waals surface area contributed by atoms with Crippen LogP contribution < -0.4 is 15.4 Å². The summed E-state index contributed by atoms with van der Waals surface area (Å²) in [5.74, 6) is -1.16. The first-order valence-corrected chi connectivity index (χ1v) is 15.2. The number of carboxylic acid groups (broad SMARTS) is 1. The van der Waals surface area contributed by atoms with Crippen LogP contribution in [0.5, 0.6) is 17.2 Å². The van der Waals surface area contributed by atoms with Gasteiger partial charge in [-0.1, -0.05) is 75.4 Å². The van der Waals surface area contributed by atoms with Gasteiger partial charge in [-0.2, -0.15) is 0 Å². The first-order chi connectivity index (χ1) is 21.2. The summed E-state index contributed by atoms with van der Waals surface area (Å²) in [6.07, 6.45) is 7.59. The van der Waals surface area contributed by atoms with Crippen LogP contribution in [-0.4, -0.2) is 28.0 Å². The second-order valence-electron chi connectivity index (χ2n) is 11.0. The van der Waals surface area contributed by atoms with E-state index in [0.29, 0.717) is 28.0 Å². The van der Waals surface area contributed by atoms with Crippen LogP contribution in [0.1, 0.15) is 79.8 Å². The fraction of sp³-hybridized carbons (Fsp3) is 0.306. The van der Waals surface area contributed by atoms with E-state index in [4.69, 9.17) is 9.84 Å². The second kappa shape index (κ2) is 15.6. The third-order valence-electron chi connectivity index (χ3n) is 7.47. The van der Waals surface area contributed by atoms with Crippen molar-refractivity contribution in [3.8, 4) is 17.2 Å². The lowest BCUT2D eigenvalue weighted by molar-refractivity contribution is -0.138. The van der Waals surface area contributed by atoms with Gasteiger partial charge in [0.1, 0.15) is 17.2 Å². The van der Waals surface area contributed by atoms with Gasteiger partial charge in [-0.05, 0) is 67.3 Å². The zero-order chi connectivity index (χ0) is 31.5. The van der Waals surface area contributed by atoms with Crippen LogP contribution in [0.2, 0.25) is 0 Å². The Kier molecular flexibility index (Phi) is 11.3. The lowest BCUT2D eigenvalue weighted by Gasteiger charge is -2.16. The molecule has 4 rings (SSSR count). The summed E-state index contributed by atoms with van der Waals surface area (Å²) in [5.41, 5.74) is 3.41. The van der Waals surface area contributed by atoms with Crippen LogP contribution in [0, 0.1) is 6.92 Å². The van der Waals surface area contributed by atoms with E-state index in [1.807, 2.05) is 31.2 Å². The molecule has 4 aromatic rings. The van der Waals surface area contributed by atoms with Crippen molar-refractivity contribution in [1.82, 2.24) is 0 Å². The Hall–Kier alpha value is -4.85. The Bertz CT molecular complexity index is 1610. The lowest BCUT2D eigenvalue weighted by atomic mass is 10.0. The van der Waals surface area contributed by atoms with E-state index >= 15 is 0 Å². The van der Waals surface area contributed by atoms with Crippen molar-refractivity contribution < 1.29 is 29.3 Å². The van der Waals surface area contributed by atoms with Crippen LogP contribution in [0.25, 0.3) is 10.8 Å². The maximum atomic E-state index is 13.6. The van der Waals surface area contributed by atoms with Gasteiger partial charge in [0.2, 0.25) is 5.91 Å². The number of ether oxygens (including phenoxy) is 1. The number of anilines is 2. The molecule has 0 aliphatic rings. The predicted octanol–water partition coefficient (Wildman–Crippen LogP) is 8.60. The predicted molar refractivity (Wildman–Crippen MR) is 174 cm³/mol. The number of hydrogen-bond acceptors (Lipinski definition) is 5. The topological polar surface area (TPSA) is 125 Å². The van der Waals surface area contributed by atoms with Gasteiger partial charge in [0.15, 0.2) is 0 Å². The number of phenolic OH excluding ortho intramolecular Hbond substituents is 1. The third-order valence-corrected chi connectivity index (χ3v) is 7.47. The first-order valence-electron chi connectivity index (χ1n) is 15.2. The normalized spacial score (nSPS) is 10.9. The minimum absolute atomic E-state index is 0.0908. The summed E-state index contributed by atoms with van der Waals surface area (Å²) in [7, 11) is 0. The molecule has 0 aliphatic heterocycles. The van der Waals surface area contributed by atoms with Gasteiger partial charge in [0.25, 0.3) is 5.91 Å². The molecule has 0 bridgehead atoms. The molecular weight excluding hydrogens is 556 g/mol. The van der Waals surface area contributed by atoms with Gasteiger partial charge in [-0.25, -0.2) is 0 Å². The molecule has 2 amide bonds. The molecule has 0 heterocycles. The Morgan fingerprint density at radius 3 is 2.23 bits per heavy atom. The van der Waals surface area contributed by atoms with Crippen molar-refractivity contribution in [2.75, 3.05) is 10.6 Å². The van der Waals surface area contributed by atoms with Crippen LogP contribution >= 0.6 is 0 Å². The largest absolute Gasteiger partial charge is 0.506 e. The van der Waals surface area contributed by atoms with Crippen molar-refractivity contribution in [1.29, 1.82) is 0 Å². The molecule has 44 heavy (non-hydrogen) atoms. The molecule has 0 radical (unpaired) electrons. The third kappa shape index (κ3) is 8.83. The molecule has 0 aliphatic carbocycles.